The summed E-state index contributed by atoms with van der Waals surface area (Å²) in [4.78, 5) is 0. The van der Waals surface area contributed by atoms with Gasteiger partial charge in [-0.2, -0.15) is 5.10 Å². The summed E-state index contributed by atoms with van der Waals surface area (Å²) in [5.41, 5.74) is 7.57. The molecule has 0 aromatic heterocycles. The van der Waals surface area contributed by atoms with Crippen LogP contribution in [0.4, 0.5) is 0 Å². The lowest BCUT2D eigenvalue weighted by Gasteiger charge is -2.33. The molecule has 0 bridgehead atoms. The van der Waals surface area contributed by atoms with Gasteiger partial charge in [0.1, 0.15) is 0 Å². The zero-order valence-electron chi connectivity index (χ0n) is 11.7. The van der Waals surface area contributed by atoms with Crippen LogP contribution in [0.5, 0.6) is 0 Å². The molecule has 1 saturated carbocycles. The van der Waals surface area contributed by atoms with Crippen molar-refractivity contribution >= 4 is 5.71 Å². The van der Waals surface area contributed by atoms with Crippen molar-refractivity contribution < 1.29 is 0 Å². The second-order valence-electron chi connectivity index (χ2n) is 6.08. The smallest absolute Gasteiger partial charge is 0.0479 e. The van der Waals surface area contributed by atoms with Crippen LogP contribution >= 0.6 is 0 Å². The first-order chi connectivity index (χ1) is 8.09. The lowest BCUT2D eigenvalue weighted by molar-refractivity contribution is 0.412. The minimum Gasteiger partial charge on any atom is -0.283 e. The highest BCUT2D eigenvalue weighted by atomic mass is 15.3. The number of rotatable bonds is 1. The Morgan fingerprint density at radius 1 is 1.24 bits per heavy atom. The molecule has 1 heterocycles. The average Bonchev–Trinajstić information content (AvgIpc) is 2.24. The van der Waals surface area contributed by atoms with Crippen LogP contribution in [0, 0.1) is 17.8 Å². The van der Waals surface area contributed by atoms with Gasteiger partial charge in [0.25, 0.3) is 0 Å². The monoisotopic (exact) mass is 234 g/mol. The van der Waals surface area contributed by atoms with Crippen LogP contribution in [-0.4, -0.2) is 5.71 Å². The molecule has 0 aromatic carbocycles. The number of hydrogen-bond acceptors (Lipinski definition) is 2. The minimum absolute atomic E-state index is 0.562. The second-order valence-corrected chi connectivity index (χ2v) is 6.08. The van der Waals surface area contributed by atoms with Crippen molar-refractivity contribution in [1.29, 1.82) is 0 Å². The third kappa shape index (κ3) is 2.72. The van der Waals surface area contributed by atoms with Crippen LogP contribution in [-0.2, 0) is 0 Å². The maximum absolute atomic E-state index is 4.59. The summed E-state index contributed by atoms with van der Waals surface area (Å²) in [6.45, 7) is 9.11. The Morgan fingerprint density at radius 3 is 2.71 bits per heavy atom. The third-order valence-electron chi connectivity index (χ3n) is 4.30. The highest BCUT2D eigenvalue weighted by Gasteiger charge is 2.29. The molecule has 2 nitrogen and oxygen atoms in total. The highest BCUT2D eigenvalue weighted by molar-refractivity contribution is 5.91. The Balaban J connectivity index is 2.22. The molecule has 96 valence electrons. The fourth-order valence-corrected chi connectivity index (χ4v) is 3.17. The van der Waals surface area contributed by atoms with Gasteiger partial charge in [0, 0.05) is 17.3 Å². The topological polar surface area (TPSA) is 24.4 Å². The van der Waals surface area contributed by atoms with Crippen molar-refractivity contribution in [3.63, 3.8) is 0 Å². The summed E-state index contributed by atoms with van der Waals surface area (Å²) in [5, 5.41) is 4.59. The Bertz CT molecular complexity index is 339. The number of fused-ring (bicyclic) bond motifs is 1. The van der Waals surface area contributed by atoms with Gasteiger partial charge in [0.05, 0.1) is 0 Å². The molecule has 0 spiro atoms. The maximum Gasteiger partial charge on any atom is 0.0479 e. The van der Waals surface area contributed by atoms with Crippen LogP contribution in [0.25, 0.3) is 0 Å². The van der Waals surface area contributed by atoms with Gasteiger partial charge in [0.15, 0.2) is 0 Å². The first-order valence-electron chi connectivity index (χ1n) is 7.12. The predicted octanol–water partition coefficient (Wildman–Crippen LogP) is 4.09. The van der Waals surface area contributed by atoms with Gasteiger partial charge in [0.2, 0.25) is 0 Å². The molecule has 1 N–H and O–H groups in total. The number of hydrogen-bond donors (Lipinski definition) is 1. The molecule has 1 aliphatic carbocycles. The van der Waals surface area contributed by atoms with Gasteiger partial charge < -0.3 is 0 Å². The molecule has 17 heavy (non-hydrogen) atoms. The molecule has 1 fully saturated rings. The molecule has 0 aromatic rings. The summed E-state index contributed by atoms with van der Waals surface area (Å²) < 4.78 is 0. The van der Waals surface area contributed by atoms with E-state index in [0.717, 1.165) is 5.92 Å². The number of allylic oxidation sites excluding steroid dienone is 2. The van der Waals surface area contributed by atoms with Crippen LogP contribution in [0.2, 0.25) is 0 Å². The normalized spacial score (nSPS) is 30.3. The van der Waals surface area contributed by atoms with Gasteiger partial charge in [-0.15, -0.1) is 0 Å². The fraction of sp³-hybridized carbons (Fsp3) is 0.800. The van der Waals surface area contributed by atoms with E-state index in [1.54, 1.807) is 5.57 Å². The van der Waals surface area contributed by atoms with E-state index >= 15 is 0 Å². The zero-order chi connectivity index (χ0) is 12.4. The summed E-state index contributed by atoms with van der Waals surface area (Å²) in [5.74, 6) is 2.08. The Hall–Kier alpha value is -0.790. The molecule has 2 rings (SSSR count). The standard InChI is InChI=1S/C15H26N2/c1-10(2)15-14-7-5-6-11(3)8-9-13(14)12(4)16-17-15/h10-11,14,16H,5-9H2,1-4H3. The van der Waals surface area contributed by atoms with E-state index in [0.29, 0.717) is 11.8 Å². The molecular formula is C15H26N2. The largest absolute Gasteiger partial charge is 0.283 e. The van der Waals surface area contributed by atoms with Gasteiger partial charge in [-0.25, -0.2) is 0 Å². The van der Waals surface area contributed by atoms with Crippen molar-refractivity contribution in [2.24, 2.45) is 22.9 Å². The first-order valence-corrected chi connectivity index (χ1v) is 7.12. The number of hydrazone groups is 1. The molecule has 2 aliphatic rings. The van der Waals surface area contributed by atoms with Crippen molar-refractivity contribution in [2.75, 3.05) is 0 Å². The van der Waals surface area contributed by atoms with Gasteiger partial charge in [-0.3, -0.25) is 5.43 Å². The third-order valence-corrected chi connectivity index (χ3v) is 4.30. The summed E-state index contributed by atoms with van der Waals surface area (Å²) in [7, 11) is 0. The molecule has 2 heteroatoms. The van der Waals surface area contributed by atoms with E-state index in [9.17, 15) is 0 Å². The van der Waals surface area contributed by atoms with E-state index in [1.165, 1.54) is 43.5 Å². The van der Waals surface area contributed by atoms with Gasteiger partial charge >= 0.3 is 0 Å². The van der Waals surface area contributed by atoms with E-state index in [2.05, 4.69) is 38.2 Å². The van der Waals surface area contributed by atoms with E-state index in [-0.39, 0.29) is 0 Å². The Kier molecular flexibility index (Phi) is 3.90. The van der Waals surface area contributed by atoms with E-state index < -0.39 is 0 Å². The molecule has 2 unspecified atom stereocenters. The maximum atomic E-state index is 4.59. The summed E-state index contributed by atoms with van der Waals surface area (Å²) in [6.07, 6.45) is 6.65. The van der Waals surface area contributed by atoms with Crippen molar-refractivity contribution in [2.45, 2.75) is 59.8 Å². The fourth-order valence-electron chi connectivity index (χ4n) is 3.17. The lowest BCUT2D eigenvalue weighted by Crippen LogP contribution is -2.32. The Morgan fingerprint density at radius 2 is 2.00 bits per heavy atom. The predicted molar refractivity (Wildman–Crippen MR) is 73.8 cm³/mol. The average molecular weight is 234 g/mol. The Labute approximate surface area is 106 Å². The van der Waals surface area contributed by atoms with E-state index in [4.69, 9.17) is 0 Å². The quantitative estimate of drug-likeness (QED) is 0.726. The van der Waals surface area contributed by atoms with Crippen LogP contribution in [0.1, 0.15) is 59.8 Å². The van der Waals surface area contributed by atoms with Gasteiger partial charge in [-0.05, 0) is 43.6 Å². The van der Waals surface area contributed by atoms with Crippen molar-refractivity contribution in [3.05, 3.63) is 11.3 Å². The van der Waals surface area contributed by atoms with E-state index in [1.807, 2.05) is 0 Å². The summed E-state index contributed by atoms with van der Waals surface area (Å²) >= 11 is 0. The van der Waals surface area contributed by atoms with Crippen molar-refractivity contribution in [1.82, 2.24) is 5.43 Å². The van der Waals surface area contributed by atoms with Crippen LogP contribution in [0.15, 0.2) is 16.4 Å². The zero-order valence-corrected chi connectivity index (χ0v) is 11.7. The molecular weight excluding hydrogens is 208 g/mol. The van der Waals surface area contributed by atoms with Crippen molar-refractivity contribution in [3.8, 4) is 0 Å². The van der Waals surface area contributed by atoms with Crippen LogP contribution in [0.3, 0.4) is 0 Å². The lowest BCUT2D eigenvalue weighted by atomic mass is 9.77. The highest BCUT2D eigenvalue weighted by Crippen LogP contribution is 2.35. The molecule has 0 amide bonds. The molecule has 0 radical (unpaired) electrons. The number of nitrogens with zero attached hydrogens (tertiary/aromatic N) is 1. The van der Waals surface area contributed by atoms with Crippen LogP contribution < -0.4 is 5.43 Å². The molecule has 0 saturated heterocycles. The van der Waals surface area contributed by atoms with Gasteiger partial charge in [-0.1, -0.05) is 33.6 Å². The first kappa shape index (κ1) is 12.7. The summed E-state index contributed by atoms with van der Waals surface area (Å²) in [6, 6.07) is 0. The second kappa shape index (κ2) is 5.24. The minimum atomic E-state index is 0.562. The SMILES string of the molecule is CC1=C2CCC(C)CCCC2C(C(C)C)=NN1. The number of nitrogens with one attached hydrogen (secondary N) is 1. The molecule has 2 atom stereocenters. The molecule has 1 aliphatic heterocycles.